The van der Waals surface area contributed by atoms with E-state index in [0.29, 0.717) is 44.0 Å². The molecule has 1 aliphatic carbocycles. The second kappa shape index (κ2) is 10.8. The van der Waals surface area contributed by atoms with E-state index < -0.39 is 11.2 Å². The number of rotatable bonds is 6. The number of nitrogens with two attached hydrogens (primary N) is 2. The summed E-state index contributed by atoms with van der Waals surface area (Å²) >= 11 is 0. The molecule has 1 unspecified atom stereocenters. The van der Waals surface area contributed by atoms with E-state index in [1.54, 1.807) is 35.9 Å². The van der Waals surface area contributed by atoms with Crippen LogP contribution in [0.25, 0.3) is 5.69 Å². The molecule has 2 aliphatic rings. The summed E-state index contributed by atoms with van der Waals surface area (Å²) in [5.74, 6) is 0.0362. The lowest BCUT2D eigenvalue weighted by Crippen LogP contribution is -2.58. The first-order chi connectivity index (χ1) is 17.1. The second-order valence-corrected chi connectivity index (χ2v) is 10.2. The van der Waals surface area contributed by atoms with Gasteiger partial charge in [-0.15, -0.1) is 0 Å². The van der Waals surface area contributed by atoms with Gasteiger partial charge in [-0.3, -0.25) is 14.7 Å². The first-order valence-electron chi connectivity index (χ1n) is 12.4. The van der Waals surface area contributed by atoms with Crippen LogP contribution in [-0.2, 0) is 11.3 Å². The minimum Gasteiger partial charge on any atom is -0.338 e. The molecule has 3 amide bonds. The van der Waals surface area contributed by atoms with E-state index in [4.69, 9.17) is 11.5 Å². The first kappa shape index (κ1) is 25.8. The molecule has 1 saturated heterocycles. The van der Waals surface area contributed by atoms with E-state index in [1.807, 2.05) is 24.3 Å². The van der Waals surface area contributed by atoms with Gasteiger partial charge in [-0.25, -0.2) is 9.59 Å². The predicted octanol–water partition coefficient (Wildman–Crippen LogP) is 0.615. The highest BCUT2D eigenvalue weighted by molar-refractivity contribution is 5.89. The Labute approximate surface area is 210 Å². The number of carbonyl (C=O) groups excluding carboxylic acids is 2. The van der Waals surface area contributed by atoms with Gasteiger partial charge in [-0.05, 0) is 56.9 Å². The Balaban J connectivity index is 1.31. The maximum atomic E-state index is 12.6. The van der Waals surface area contributed by atoms with Crippen LogP contribution in [0.1, 0.15) is 38.7 Å². The predicted molar refractivity (Wildman–Crippen MR) is 138 cm³/mol. The van der Waals surface area contributed by atoms with Gasteiger partial charge in [0, 0.05) is 51.0 Å². The van der Waals surface area contributed by atoms with Gasteiger partial charge in [0.05, 0.1) is 11.2 Å². The van der Waals surface area contributed by atoms with Crippen LogP contribution >= 0.6 is 0 Å². The Hall–Kier alpha value is -3.28. The molecular weight excluding hydrogens is 460 g/mol. The topological polar surface area (TPSA) is 152 Å². The first-order valence-corrected chi connectivity index (χ1v) is 12.4. The Morgan fingerprint density at radius 2 is 1.72 bits per heavy atom. The molecule has 1 aliphatic heterocycles. The zero-order valence-corrected chi connectivity index (χ0v) is 20.9. The number of nitrogens with zero attached hydrogens (tertiary/aromatic N) is 4. The molecule has 0 radical (unpaired) electrons. The maximum Gasteiger partial charge on any atom is 0.354 e. The number of piperazine rings is 1. The fourth-order valence-corrected chi connectivity index (χ4v) is 4.62. The third kappa shape index (κ3) is 6.28. The van der Waals surface area contributed by atoms with Crippen molar-refractivity contribution in [2.24, 2.45) is 11.5 Å². The van der Waals surface area contributed by atoms with Crippen molar-refractivity contribution in [2.75, 3.05) is 31.5 Å². The third-order valence-corrected chi connectivity index (χ3v) is 6.73. The largest absolute Gasteiger partial charge is 0.354 e. The normalized spacial score (nSPS) is 20.4. The number of nitrogens with one attached hydrogen (secondary N) is 2. The van der Waals surface area contributed by atoms with Crippen LogP contribution in [0.2, 0.25) is 0 Å². The van der Waals surface area contributed by atoms with Gasteiger partial charge in [0.25, 0.3) is 0 Å². The molecule has 2 aromatic rings. The Kier molecular flexibility index (Phi) is 7.72. The van der Waals surface area contributed by atoms with E-state index in [-0.39, 0.29) is 17.8 Å². The van der Waals surface area contributed by atoms with Crippen molar-refractivity contribution in [3.8, 4) is 5.69 Å². The molecule has 1 aromatic heterocycles. The Morgan fingerprint density at radius 3 is 2.31 bits per heavy atom. The summed E-state index contributed by atoms with van der Waals surface area (Å²) in [6, 6.07) is 9.70. The van der Waals surface area contributed by atoms with E-state index in [9.17, 15) is 14.4 Å². The van der Waals surface area contributed by atoms with Crippen molar-refractivity contribution in [2.45, 2.75) is 57.3 Å². The standard InChI is InChI=1S/C25H36N8O3/c1-25(2,27)22(34)31-11-13-32(14-12-31)23(35)29-21-9-10-33(24(36)30-21)20-7-3-17(4-8-20)16-28-19-6-5-18(26)15-19/h3-4,7-10,18-19,28H,5-6,11-16,26-27H2,1-2H3,(H,29,30,35,36)/t18-,19?/m0/s1. The lowest BCUT2D eigenvalue weighted by atomic mass is 10.1. The fourth-order valence-electron chi connectivity index (χ4n) is 4.62. The van der Waals surface area contributed by atoms with Crippen molar-refractivity contribution in [1.29, 1.82) is 0 Å². The van der Waals surface area contributed by atoms with Crippen molar-refractivity contribution in [3.05, 3.63) is 52.6 Å². The van der Waals surface area contributed by atoms with E-state index in [2.05, 4.69) is 15.6 Å². The highest BCUT2D eigenvalue weighted by atomic mass is 16.2. The van der Waals surface area contributed by atoms with E-state index in [1.165, 1.54) is 4.57 Å². The molecule has 1 saturated carbocycles. The zero-order chi connectivity index (χ0) is 25.9. The smallest absolute Gasteiger partial charge is 0.338 e. The van der Waals surface area contributed by atoms with Crippen molar-refractivity contribution >= 4 is 17.8 Å². The van der Waals surface area contributed by atoms with Gasteiger partial charge in [-0.1, -0.05) is 12.1 Å². The molecule has 2 heterocycles. The minimum atomic E-state index is -0.945. The summed E-state index contributed by atoms with van der Waals surface area (Å²) in [5.41, 5.74) is 12.3. The quantitative estimate of drug-likeness (QED) is 0.457. The minimum absolute atomic E-state index is 0.143. The Morgan fingerprint density at radius 1 is 1.06 bits per heavy atom. The molecule has 2 fully saturated rings. The second-order valence-electron chi connectivity index (χ2n) is 10.2. The van der Waals surface area contributed by atoms with Crippen LogP contribution in [0.15, 0.2) is 41.3 Å². The maximum absolute atomic E-state index is 12.6. The van der Waals surface area contributed by atoms with Gasteiger partial charge in [0.2, 0.25) is 5.91 Å². The summed E-state index contributed by atoms with van der Waals surface area (Å²) in [5, 5.41) is 6.21. The van der Waals surface area contributed by atoms with Crippen LogP contribution < -0.4 is 27.8 Å². The molecule has 36 heavy (non-hydrogen) atoms. The van der Waals surface area contributed by atoms with Crippen molar-refractivity contribution in [3.63, 3.8) is 0 Å². The summed E-state index contributed by atoms with van der Waals surface area (Å²) in [6.07, 6.45) is 4.77. The summed E-state index contributed by atoms with van der Waals surface area (Å²) < 4.78 is 1.43. The molecule has 2 atom stereocenters. The molecule has 194 valence electrons. The van der Waals surface area contributed by atoms with Gasteiger partial charge < -0.3 is 26.6 Å². The Bertz CT molecular complexity index is 1130. The van der Waals surface area contributed by atoms with Crippen molar-refractivity contribution in [1.82, 2.24) is 24.7 Å². The van der Waals surface area contributed by atoms with Gasteiger partial charge in [-0.2, -0.15) is 4.98 Å². The number of urea groups is 1. The lowest BCUT2D eigenvalue weighted by Gasteiger charge is -2.37. The number of benzene rings is 1. The van der Waals surface area contributed by atoms with Crippen LogP contribution in [0.5, 0.6) is 0 Å². The molecular formula is C25H36N8O3. The molecule has 11 nitrogen and oxygen atoms in total. The van der Waals surface area contributed by atoms with E-state index in [0.717, 1.165) is 31.4 Å². The third-order valence-electron chi connectivity index (χ3n) is 6.73. The average Bonchev–Trinajstić information content (AvgIpc) is 3.27. The average molecular weight is 497 g/mol. The molecule has 0 bridgehead atoms. The highest BCUT2D eigenvalue weighted by Crippen LogP contribution is 2.18. The molecule has 4 rings (SSSR count). The van der Waals surface area contributed by atoms with E-state index >= 15 is 0 Å². The summed E-state index contributed by atoms with van der Waals surface area (Å²) in [6.45, 7) is 5.65. The number of anilines is 1. The number of carbonyl (C=O) groups is 2. The number of hydrogen-bond acceptors (Lipinski definition) is 7. The van der Waals surface area contributed by atoms with Gasteiger partial charge in [0.15, 0.2) is 0 Å². The molecule has 0 spiro atoms. The molecule has 1 aromatic carbocycles. The van der Waals surface area contributed by atoms with Crippen LogP contribution in [0.4, 0.5) is 10.6 Å². The lowest BCUT2D eigenvalue weighted by molar-refractivity contribution is -0.137. The zero-order valence-electron chi connectivity index (χ0n) is 20.9. The van der Waals surface area contributed by atoms with Crippen LogP contribution in [-0.4, -0.2) is 75.1 Å². The SMILES string of the molecule is CC(C)(N)C(=O)N1CCN(C(=O)Nc2ccn(-c3ccc(CNC4CC[C@H](N)C4)cc3)c(=O)n2)CC1. The monoisotopic (exact) mass is 496 g/mol. The molecule has 11 heteroatoms. The van der Waals surface area contributed by atoms with Crippen molar-refractivity contribution < 1.29 is 9.59 Å². The van der Waals surface area contributed by atoms with Gasteiger partial charge in [0.1, 0.15) is 5.82 Å². The fraction of sp³-hybridized carbons (Fsp3) is 0.520. The number of aromatic nitrogens is 2. The number of amides is 3. The van der Waals surface area contributed by atoms with Crippen LogP contribution in [0.3, 0.4) is 0 Å². The van der Waals surface area contributed by atoms with Crippen LogP contribution in [0, 0.1) is 0 Å². The number of hydrogen-bond donors (Lipinski definition) is 4. The molecule has 6 N–H and O–H groups in total. The van der Waals surface area contributed by atoms with Gasteiger partial charge >= 0.3 is 11.7 Å². The summed E-state index contributed by atoms with van der Waals surface area (Å²) in [7, 11) is 0. The highest BCUT2D eigenvalue weighted by Gasteiger charge is 2.31. The summed E-state index contributed by atoms with van der Waals surface area (Å²) in [4.78, 5) is 44.9.